The molecule has 1 aromatic heterocycles. The number of amides is 2. The largest absolute Gasteiger partial charge is 0.321 e. The lowest BCUT2D eigenvalue weighted by atomic mass is 10.1. The summed E-state index contributed by atoms with van der Waals surface area (Å²) in [5, 5.41) is 14.8. The van der Waals surface area contributed by atoms with Gasteiger partial charge in [-0.15, -0.1) is 0 Å². The highest BCUT2D eigenvalue weighted by atomic mass is 16.2. The van der Waals surface area contributed by atoms with Crippen LogP contribution in [0.15, 0.2) is 41.6 Å². The van der Waals surface area contributed by atoms with Crippen LogP contribution in [0.1, 0.15) is 12.8 Å². The molecule has 3 rings (SSSR count). The van der Waals surface area contributed by atoms with Crippen LogP contribution in [0.5, 0.6) is 0 Å². The molecule has 0 bridgehead atoms. The molecule has 22 heavy (non-hydrogen) atoms. The zero-order valence-corrected chi connectivity index (χ0v) is 12.0. The molecule has 2 N–H and O–H groups in total. The van der Waals surface area contributed by atoms with E-state index in [2.05, 4.69) is 20.6 Å². The Morgan fingerprint density at radius 3 is 2.64 bits per heavy atom. The summed E-state index contributed by atoms with van der Waals surface area (Å²) in [7, 11) is 1.55. The van der Waals surface area contributed by atoms with Crippen molar-refractivity contribution in [1.29, 1.82) is 0 Å². The van der Waals surface area contributed by atoms with Crippen molar-refractivity contribution < 1.29 is 9.59 Å². The zero-order chi connectivity index (χ0) is 15.5. The van der Waals surface area contributed by atoms with E-state index in [0.717, 1.165) is 11.3 Å². The summed E-state index contributed by atoms with van der Waals surface area (Å²) in [5.74, 6) is -0.367. The number of H-pyrrole nitrogens is 1. The third-order valence-corrected chi connectivity index (χ3v) is 3.42. The van der Waals surface area contributed by atoms with E-state index >= 15 is 0 Å². The Bertz CT molecular complexity index is 719. The van der Waals surface area contributed by atoms with Gasteiger partial charge < -0.3 is 5.32 Å². The number of carbonyl (C=O) groups excluding carboxylic acids is 2. The first kappa shape index (κ1) is 14.0. The van der Waals surface area contributed by atoms with E-state index in [0.29, 0.717) is 24.2 Å². The summed E-state index contributed by atoms with van der Waals surface area (Å²) < 4.78 is 0. The minimum atomic E-state index is -0.284. The lowest BCUT2D eigenvalue weighted by Crippen LogP contribution is -2.34. The van der Waals surface area contributed by atoms with Gasteiger partial charge in [-0.1, -0.05) is 12.1 Å². The first-order valence-corrected chi connectivity index (χ1v) is 6.88. The highest BCUT2D eigenvalue weighted by Gasteiger charge is 2.21. The monoisotopic (exact) mass is 297 g/mol. The maximum atomic E-state index is 12.1. The SMILES string of the molecule is CN1N=C(C(=O)Nc2ccc(-c3ccn[nH]3)cc2)CCC1=O. The number of aromatic nitrogens is 2. The molecule has 0 saturated carbocycles. The van der Waals surface area contributed by atoms with Gasteiger partial charge in [0.05, 0.1) is 5.69 Å². The Balaban J connectivity index is 1.69. The second-order valence-electron chi connectivity index (χ2n) is 4.97. The lowest BCUT2D eigenvalue weighted by Gasteiger charge is -2.18. The number of anilines is 1. The molecule has 7 heteroatoms. The number of benzene rings is 1. The van der Waals surface area contributed by atoms with Crippen LogP contribution in [0.3, 0.4) is 0 Å². The minimum absolute atomic E-state index is 0.0829. The number of hydrazone groups is 1. The van der Waals surface area contributed by atoms with Crippen molar-refractivity contribution in [1.82, 2.24) is 15.2 Å². The van der Waals surface area contributed by atoms with E-state index in [1.807, 2.05) is 30.3 Å². The van der Waals surface area contributed by atoms with Gasteiger partial charge in [0.1, 0.15) is 5.71 Å². The van der Waals surface area contributed by atoms with Crippen molar-refractivity contribution in [3.63, 3.8) is 0 Å². The first-order chi connectivity index (χ1) is 10.6. The first-order valence-electron chi connectivity index (χ1n) is 6.88. The summed E-state index contributed by atoms with van der Waals surface area (Å²) in [4.78, 5) is 23.5. The maximum absolute atomic E-state index is 12.1. The number of rotatable bonds is 3. The van der Waals surface area contributed by atoms with E-state index in [-0.39, 0.29) is 11.8 Å². The van der Waals surface area contributed by atoms with E-state index in [4.69, 9.17) is 0 Å². The fourth-order valence-electron chi connectivity index (χ4n) is 2.19. The molecule has 0 saturated heterocycles. The van der Waals surface area contributed by atoms with Crippen molar-refractivity contribution >= 4 is 23.2 Å². The molecule has 7 nitrogen and oxygen atoms in total. The summed E-state index contributed by atoms with van der Waals surface area (Å²) in [5.41, 5.74) is 2.93. The van der Waals surface area contributed by atoms with Gasteiger partial charge in [-0.3, -0.25) is 14.7 Å². The minimum Gasteiger partial charge on any atom is -0.321 e. The van der Waals surface area contributed by atoms with Crippen LogP contribution < -0.4 is 5.32 Å². The molecule has 0 fully saturated rings. The lowest BCUT2D eigenvalue weighted by molar-refractivity contribution is -0.130. The third-order valence-electron chi connectivity index (χ3n) is 3.42. The quantitative estimate of drug-likeness (QED) is 0.902. The molecule has 1 aromatic carbocycles. The van der Waals surface area contributed by atoms with Gasteiger partial charge in [-0.25, -0.2) is 5.01 Å². The molecule has 0 atom stereocenters. The van der Waals surface area contributed by atoms with Gasteiger partial charge in [0.2, 0.25) is 5.91 Å². The number of carbonyl (C=O) groups is 2. The number of nitrogens with one attached hydrogen (secondary N) is 2. The topological polar surface area (TPSA) is 90.4 Å². The second-order valence-corrected chi connectivity index (χ2v) is 4.97. The Labute approximate surface area is 127 Å². The Morgan fingerprint density at radius 2 is 2.00 bits per heavy atom. The normalized spacial score (nSPS) is 14.7. The molecule has 0 spiro atoms. The van der Waals surface area contributed by atoms with Crippen LogP contribution >= 0.6 is 0 Å². The average Bonchev–Trinajstić information content (AvgIpc) is 3.05. The molecule has 2 heterocycles. The molecule has 2 amide bonds. The Kier molecular flexibility index (Phi) is 3.69. The molecule has 1 aliphatic heterocycles. The third kappa shape index (κ3) is 2.88. The summed E-state index contributed by atoms with van der Waals surface area (Å²) in [6.07, 6.45) is 2.35. The van der Waals surface area contributed by atoms with Crippen molar-refractivity contribution in [3.8, 4) is 11.3 Å². The van der Waals surface area contributed by atoms with Gasteiger partial charge in [-0.2, -0.15) is 10.2 Å². The van der Waals surface area contributed by atoms with Crippen LogP contribution in [0.4, 0.5) is 5.69 Å². The maximum Gasteiger partial charge on any atom is 0.271 e. The number of aromatic amines is 1. The van der Waals surface area contributed by atoms with Crippen LogP contribution in [-0.4, -0.2) is 39.8 Å². The second kappa shape index (κ2) is 5.80. The predicted molar refractivity (Wildman–Crippen MR) is 82.1 cm³/mol. The van der Waals surface area contributed by atoms with Crippen LogP contribution in [0.25, 0.3) is 11.3 Å². The fraction of sp³-hybridized carbons (Fsp3) is 0.200. The fourth-order valence-corrected chi connectivity index (χ4v) is 2.19. The molecular formula is C15H15N5O2. The zero-order valence-electron chi connectivity index (χ0n) is 12.0. The van der Waals surface area contributed by atoms with Crippen molar-refractivity contribution in [2.45, 2.75) is 12.8 Å². The van der Waals surface area contributed by atoms with Crippen molar-refractivity contribution in [2.75, 3.05) is 12.4 Å². The molecular weight excluding hydrogens is 282 g/mol. The Hall–Kier alpha value is -2.96. The van der Waals surface area contributed by atoms with Crippen LogP contribution in [0.2, 0.25) is 0 Å². The van der Waals surface area contributed by atoms with Gasteiger partial charge in [-0.05, 0) is 23.8 Å². The molecule has 0 unspecified atom stereocenters. The number of hydrogen-bond donors (Lipinski definition) is 2. The van der Waals surface area contributed by atoms with E-state index < -0.39 is 0 Å². The average molecular weight is 297 g/mol. The molecule has 1 aliphatic rings. The van der Waals surface area contributed by atoms with E-state index in [1.165, 1.54) is 5.01 Å². The standard InChI is InChI=1S/C15H15N5O2/c1-20-14(21)7-6-13(19-20)15(22)17-11-4-2-10(3-5-11)12-8-9-16-18-12/h2-5,8-9H,6-7H2,1H3,(H,16,18)(H,17,22). The van der Waals surface area contributed by atoms with Gasteiger partial charge >= 0.3 is 0 Å². The summed E-state index contributed by atoms with van der Waals surface area (Å²) >= 11 is 0. The highest BCUT2D eigenvalue weighted by Crippen LogP contribution is 2.19. The number of hydrogen-bond acceptors (Lipinski definition) is 4. The molecule has 0 aliphatic carbocycles. The highest BCUT2D eigenvalue weighted by molar-refractivity contribution is 6.43. The van der Waals surface area contributed by atoms with Crippen molar-refractivity contribution in [3.05, 3.63) is 36.5 Å². The van der Waals surface area contributed by atoms with Gasteiger partial charge in [0.25, 0.3) is 5.91 Å². The summed E-state index contributed by atoms with van der Waals surface area (Å²) in [6.45, 7) is 0. The van der Waals surface area contributed by atoms with E-state index in [1.54, 1.807) is 13.2 Å². The number of nitrogens with zero attached hydrogens (tertiary/aromatic N) is 3. The molecule has 0 radical (unpaired) electrons. The van der Waals surface area contributed by atoms with Gasteiger partial charge in [0, 0.05) is 31.8 Å². The molecule has 112 valence electrons. The Morgan fingerprint density at radius 1 is 1.23 bits per heavy atom. The summed E-state index contributed by atoms with van der Waals surface area (Å²) in [6, 6.07) is 9.28. The van der Waals surface area contributed by atoms with Crippen LogP contribution in [-0.2, 0) is 9.59 Å². The van der Waals surface area contributed by atoms with Gasteiger partial charge in [0.15, 0.2) is 0 Å². The smallest absolute Gasteiger partial charge is 0.271 e. The molecule has 2 aromatic rings. The van der Waals surface area contributed by atoms with Crippen molar-refractivity contribution in [2.24, 2.45) is 5.10 Å². The van der Waals surface area contributed by atoms with E-state index in [9.17, 15) is 9.59 Å². The predicted octanol–water partition coefficient (Wildman–Crippen LogP) is 1.62. The van der Waals surface area contributed by atoms with Crippen LogP contribution in [0, 0.1) is 0 Å².